The SMILES string of the molecule is CCOc1nn(CC)cc1C(=O)Nc1nnc(SCC)s1. The monoisotopic (exact) mass is 327 g/mol. The Kier molecular flexibility index (Phi) is 5.57. The van der Waals surface area contributed by atoms with Crippen LogP contribution in [-0.4, -0.2) is 38.2 Å². The molecule has 0 spiro atoms. The van der Waals surface area contributed by atoms with Gasteiger partial charge in [0.1, 0.15) is 5.56 Å². The van der Waals surface area contributed by atoms with E-state index in [1.807, 2.05) is 20.8 Å². The molecule has 2 heterocycles. The van der Waals surface area contributed by atoms with Crippen molar-refractivity contribution in [1.29, 1.82) is 0 Å². The van der Waals surface area contributed by atoms with Gasteiger partial charge in [-0.15, -0.1) is 15.3 Å². The van der Waals surface area contributed by atoms with E-state index in [1.54, 1.807) is 22.6 Å². The highest BCUT2D eigenvalue weighted by molar-refractivity contribution is 8.01. The van der Waals surface area contributed by atoms with Crippen LogP contribution in [0.4, 0.5) is 5.13 Å². The average Bonchev–Trinajstić information content (AvgIpc) is 3.06. The molecular formula is C12H17N5O2S2. The van der Waals surface area contributed by atoms with E-state index in [4.69, 9.17) is 4.74 Å². The number of hydrogen-bond donors (Lipinski definition) is 1. The molecule has 2 rings (SSSR count). The first-order valence-electron chi connectivity index (χ1n) is 6.65. The molecule has 0 bridgehead atoms. The summed E-state index contributed by atoms with van der Waals surface area (Å²) < 4.78 is 7.89. The van der Waals surface area contributed by atoms with Gasteiger partial charge < -0.3 is 4.74 Å². The van der Waals surface area contributed by atoms with Crippen LogP contribution in [-0.2, 0) is 6.54 Å². The molecule has 0 saturated carbocycles. The van der Waals surface area contributed by atoms with Gasteiger partial charge >= 0.3 is 0 Å². The van der Waals surface area contributed by atoms with Gasteiger partial charge in [-0.25, -0.2) is 0 Å². The number of carbonyl (C=O) groups excluding carboxylic acids is 1. The summed E-state index contributed by atoms with van der Waals surface area (Å²) >= 11 is 2.94. The van der Waals surface area contributed by atoms with Gasteiger partial charge in [-0.3, -0.25) is 14.8 Å². The average molecular weight is 327 g/mol. The molecule has 114 valence electrons. The van der Waals surface area contributed by atoms with E-state index in [0.29, 0.717) is 29.7 Å². The van der Waals surface area contributed by atoms with Gasteiger partial charge in [-0.1, -0.05) is 30.0 Å². The molecule has 7 nitrogen and oxygen atoms in total. The Morgan fingerprint density at radius 1 is 1.43 bits per heavy atom. The van der Waals surface area contributed by atoms with Crippen molar-refractivity contribution in [3.63, 3.8) is 0 Å². The van der Waals surface area contributed by atoms with Gasteiger partial charge in [0.2, 0.25) is 11.0 Å². The van der Waals surface area contributed by atoms with E-state index in [2.05, 4.69) is 20.6 Å². The fourth-order valence-electron chi connectivity index (χ4n) is 1.57. The van der Waals surface area contributed by atoms with E-state index < -0.39 is 0 Å². The predicted molar refractivity (Wildman–Crippen MR) is 83.3 cm³/mol. The van der Waals surface area contributed by atoms with E-state index in [-0.39, 0.29) is 5.91 Å². The van der Waals surface area contributed by atoms with E-state index >= 15 is 0 Å². The molecule has 0 saturated heterocycles. The molecule has 0 aromatic carbocycles. The van der Waals surface area contributed by atoms with Gasteiger partial charge in [0, 0.05) is 12.7 Å². The van der Waals surface area contributed by atoms with Crippen LogP contribution in [0.15, 0.2) is 10.5 Å². The summed E-state index contributed by atoms with van der Waals surface area (Å²) in [5, 5.41) is 15.4. The fourth-order valence-corrected chi connectivity index (χ4v) is 3.22. The molecule has 1 N–H and O–H groups in total. The first kappa shape index (κ1) is 15.8. The van der Waals surface area contributed by atoms with Crippen LogP contribution in [0.5, 0.6) is 5.88 Å². The number of thioether (sulfide) groups is 1. The number of ether oxygens (including phenoxy) is 1. The molecule has 0 radical (unpaired) electrons. The minimum absolute atomic E-state index is 0.289. The first-order chi connectivity index (χ1) is 10.2. The summed E-state index contributed by atoms with van der Waals surface area (Å²) in [7, 11) is 0. The molecule has 0 aliphatic carbocycles. The quantitative estimate of drug-likeness (QED) is 0.621. The largest absolute Gasteiger partial charge is 0.476 e. The maximum absolute atomic E-state index is 12.3. The number of carbonyl (C=O) groups is 1. The van der Waals surface area contributed by atoms with E-state index in [0.717, 1.165) is 10.1 Å². The van der Waals surface area contributed by atoms with Crippen LogP contribution in [0, 0.1) is 0 Å². The summed E-state index contributed by atoms with van der Waals surface area (Å²) in [4.78, 5) is 12.3. The molecule has 0 aliphatic rings. The highest BCUT2D eigenvalue weighted by Gasteiger charge is 2.19. The van der Waals surface area contributed by atoms with Crippen molar-refractivity contribution in [2.45, 2.75) is 31.7 Å². The molecule has 0 unspecified atom stereocenters. The summed E-state index contributed by atoms with van der Waals surface area (Å²) in [6, 6.07) is 0. The van der Waals surface area contributed by atoms with Crippen molar-refractivity contribution in [2.75, 3.05) is 17.7 Å². The standard InChI is InChI=1S/C12H17N5O2S2/c1-4-17-7-8(10(16-17)19-5-2)9(18)13-11-14-15-12(21-11)20-6-3/h7H,4-6H2,1-3H3,(H,13,14,18). The van der Waals surface area contributed by atoms with Crippen molar-refractivity contribution in [3.05, 3.63) is 11.8 Å². The van der Waals surface area contributed by atoms with Crippen LogP contribution >= 0.6 is 23.1 Å². The number of hydrogen-bond acceptors (Lipinski definition) is 7. The lowest BCUT2D eigenvalue weighted by Gasteiger charge is -2.02. The lowest BCUT2D eigenvalue weighted by atomic mass is 10.3. The van der Waals surface area contributed by atoms with Gasteiger partial charge in [0.05, 0.1) is 6.61 Å². The normalized spacial score (nSPS) is 10.6. The number of rotatable bonds is 7. The Labute approximate surface area is 131 Å². The van der Waals surface area contributed by atoms with Crippen LogP contribution in [0.3, 0.4) is 0 Å². The summed E-state index contributed by atoms with van der Waals surface area (Å²) in [6.07, 6.45) is 1.67. The molecule has 0 fully saturated rings. The highest BCUT2D eigenvalue weighted by atomic mass is 32.2. The lowest BCUT2D eigenvalue weighted by Crippen LogP contribution is -2.12. The second-order valence-corrected chi connectivity index (χ2v) is 6.39. The molecular weight excluding hydrogens is 310 g/mol. The maximum atomic E-state index is 12.3. The summed E-state index contributed by atoms with van der Waals surface area (Å²) in [5.41, 5.74) is 0.401. The Hall–Kier alpha value is -1.61. The number of nitrogens with zero attached hydrogens (tertiary/aromatic N) is 4. The van der Waals surface area contributed by atoms with Gasteiger partial charge in [-0.05, 0) is 19.6 Å². The zero-order chi connectivity index (χ0) is 15.2. The van der Waals surface area contributed by atoms with Crippen molar-refractivity contribution in [1.82, 2.24) is 20.0 Å². The van der Waals surface area contributed by atoms with Crippen molar-refractivity contribution in [2.24, 2.45) is 0 Å². The Morgan fingerprint density at radius 2 is 2.24 bits per heavy atom. The third-order valence-corrected chi connectivity index (χ3v) is 4.33. The van der Waals surface area contributed by atoms with E-state index in [9.17, 15) is 4.79 Å². The molecule has 0 aliphatic heterocycles. The zero-order valence-electron chi connectivity index (χ0n) is 12.1. The van der Waals surface area contributed by atoms with Crippen molar-refractivity contribution in [3.8, 4) is 5.88 Å². The Morgan fingerprint density at radius 3 is 2.90 bits per heavy atom. The smallest absolute Gasteiger partial charge is 0.264 e. The first-order valence-corrected chi connectivity index (χ1v) is 8.46. The van der Waals surface area contributed by atoms with Crippen molar-refractivity contribution >= 4 is 34.1 Å². The topological polar surface area (TPSA) is 81.9 Å². The molecule has 21 heavy (non-hydrogen) atoms. The number of aromatic nitrogens is 4. The predicted octanol–water partition coefficient (Wildman–Crippen LogP) is 2.52. The van der Waals surface area contributed by atoms with Crippen molar-refractivity contribution < 1.29 is 9.53 Å². The molecule has 2 aromatic rings. The minimum Gasteiger partial charge on any atom is -0.476 e. The molecule has 1 amide bonds. The maximum Gasteiger partial charge on any atom is 0.264 e. The lowest BCUT2D eigenvalue weighted by molar-refractivity contribution is 0.102. The van der Waals surface area contributed by atoms with Gasteiger partial charge in [0.15, 0.2) is 4.34 Å². The Balaban J connectivity index is 2.13. The van der Waals surface area contributed by atoms with Crippen LogP contribution in [0.2, 0.25) is 0 Å². The highest BCUT2D eigenvalue weighted by Crippen LogP contribution is 2.26. The second kappa shape index (κ2) is 7.41. The van der Waals surface area contributed by atoms with Crippen LogP contribution in [0.1, 0.15) is 31.1 Å². The fraction of sp³-hybridized carbons (Fsp3) is 0.500. The van der Waals surface area contributed by atoms with Gasteiger partial charge in [0.25, 0.3) is 5.91 Å². The van der Waals surface area contributed by atoms with Crippen LogP contribution in [0.25, 0.3) is 0 Å². The number of nitrogens with one attached hydrogen (secondary N) is 1. The third-order valence-electron chi connectivity index (χ3n) is 2.47. The molecule has 0 atom stereocenters. The van der Waals surface area contributed by atoms with Gasteiger partial charge in [-0.2, -0.15) is 0 Å². The second-order valence-electron chi connectivity index (χ2n) is 3.90. The molecule has 9 heteroatoms. The summed E-state index contributed by atoms with van der Waals surface area (Å²) in [6.45, 7) is 6.97. The number of amides is 1. The minimum atomic E-state index is -0.289. The van der Waals surface area contributed by atoms with E-state index in [1.165, 1.54) is 11.3 Å². The van der Waals surface area contributed by atoms with Crippen LogP contribution < -0.4 is 10.1 Å². The zero-order valence-corrected chi connectivity index (χ0v) is 13.8. The Bertz CT molecular complexity index is 611. The molecule has 2 aromatic heterocycles. The third kappa shape index (κ3) is 3.94. The number of aryl methyl sites for hydroxylation is 1. The summed E-state index contributed by atoms with van der Waals surface area (Å²) in [5.74, 6) is 0.965. The number of anilines is 1.